The Bertz CT molecular complexity index is 1490. The molecule has 0 saturated carbocycles. The van der Waals surface area contributed by atoms with E-state index >= 15 is 0 Å². The molecule has 5 rings (SSSR count). The Morgan fingerprint density at radius 2 is 1.79 bits per heavy atom. The van der Waals surface area contributed by atoms with Crippen LogP contribution in [0.1, 0.15) is 46.7 Å². The van der Waals surface area contributed by atoms with Crippen molar-refractivity contribution >= 4 is 28.9 Å². The number of thiocarbonyl (C=S) groups is 1. The number of amides is 1. The van der Waals surface area contributed by atoms with Crippen molar-refractivity contribution in [2.24, 2.45) is 0 Å². The molecule has 1 aliphatic heterocycles. The van der Waals surface area contributed by atoms with Crippen LogP contribution in [0.4, 0.5) is 10.1 Å². The van der Waals surface area contributed by atoms with Crippen molar-refractivity contribution in [3.63, 3.8) is 0 Å². The van der Waals surface area contributed by atoms with Gasteiger partial charge < -0.3 is 20.1 Å². The second-order valence-corrected chi connectivity index (χ2v) is 9.93. The number of pyridine rings is 1. The number of hydrogen-bond donors (Lipinski definition) is 2. The first-order valence-corrected chi connectivity index (χ1v) is 13.0. The van der Waals surface area contributed by atoms with E-state index in [-0.39, 0.29) is 30.2 Å². The van der Waals surface area contributed by atoms with Gasteiger partial charge in [0, 0.05) is 36.2 Å². The highest BCUT2D eigenvalue weighted by atomic mass is 32.1. The van der Waals surface area contributed by atoms with Crippen molar-refractivity contribution in [2.45, 2.75) is 39.3 Å². The SMILES string of the molecule is Cc1ccccc1NC(=O)CCN1C(=S)N[C@@H](c2ccccn2)[C@H]1c1cc(C)n(-c2ccccc2F)c1C. The molecule has 4 aromatic rings. The lowest BCUT2D eigenvalue weighted by atomic mass is 9.96. The third kappa shape index (κ3) is 4.91. The molecule has 6 nitrogen and oxygen atoms in total. The second-order valence-electron chi connectivity index (χ2n) is 9.55. The fourth-order valence-electron chi connectivity index (χ4n) is 5.22. The molecule has 0 bridgehead atoms. The summed E-state index contributed by atoms with van der Waals surface area (Å²) < 4.78 is 16.7. The van der Waals surface area contributed by atoms with Gasteiger partial charge in [0.15, 0.2) is 5.11 Å². The molecule has 0 spiro atoms. The Balaban J connectivity index is 1.48. The van der Waals surface area contributed by atoms with Gasteiger partial charge in [0.05, 0.1) is 23.5 Å². The zero-order valence-electron chi connectivity index (χ0n) is 21.6. The minimum absolute atomic E-state index is 0.0843. The van der Waals surface area contributed by atoms with E-state index in [0.717, 1.165) is 33.9 Å². The van der Waals surface area contributed by atoms with E-state index in [4.69, 9.17) is 12.2 Å². The van der Waals surface area contributed by atoms with E-state index in [1.807, 2.05) is 73.9 Å². The van der Waals surface area contributed by atoms with Crippen LogP contribution in [0.15, 0.2) is 79.0 Å². The zero-order chi connectivity index (χ0) is 26.8. The summed E-state index contributed by atoms with van der Waals surface area (Å²) in [5.74, 6) is -0.370. The predicted molar refractivity (Wildman–Crippen MR) is 152 cm³/mol. The second kappa shape index (κ2) is 10.8. The number of nitrogens with zero attached hydrogens (tertiary/aromatic N) is 3. The highest BCUT2D eigenvalue weighted by Gasteiger charge is 2.41. The summed E-state index contributed by atoms with van der Waals surface area (Å²) >= 11 is 5.78. The first kappa shape index (κ1) is 25.6. The van der Waals surface area contributed by atoms with Gasteiger partial charge in [-0.15, -0.1) is 0 Å². The van der Waals surface area contributed by atoms with Crippen molar-refractivity contribution in [1.82, 2.24) is 19.8 Å². The van der Waals surface area contributed by atoms with Gasteiger partial charge in [-0.1, -0.05) is 36.4 Å². The van der Waals surface area contributed by atoms with Crippen molar-refractivity contribution in [2.75, 3.05) is 11.9 Å². The van der Waals surface area contributed by atoms with Crippen molar-refractivity contribution in [3.05, 3.63) is 113 Å². The fraction of sp³-hybridized carbons (Fsp3) is 0.233. The minimum Gasteiger partial charge on any atom is -0.352 e. The van der Waals surface area contributed by atoms with Crippen LogP contribution in [0, 0.1) is 26.6 Å². The Labute approximate surface area is 227 Å². The fourth-order valence-corrected chi connectivity index (χ4v) is 5.56. The first-order chi connectivity index (χ1) is 18.3. The maximum atomic E-state index is 14.8. The molecule has 0 aliphatic carbocycles. The first-order valence-electron chi connectivity index (χ1n) is 12.6. The van der Waals surface area contributed by atoms with E-state index in [0.29, 0.717) is 17.3 Å². The van der Waals surface area contributed by atoms with Gasteiger partial charge >= 0.3 is 0 Å². The number of hydrogen-bond acceptors (Lipinski definition) is 3. The molecule has 38 heavy (non-hydrogen) atoms. The number of carbonyl (C=O) groups is 1. The van der Waals surface area contributed by atoms with Gasteiger partial charge in [-0.2, -0.15) is 0 Å². The molecule has 0 radical (unpaired) electrons. The molecule has 2 aromatic carbocycles. The van der Waals surface area contributed by atoms with Gasteiger partial charge in [-0.05, 0) is 80.5 Å². The number of aromatic nitrogens is 2. The van der Waals surface area contributed by atoms with Crippen LogP contribution in [0.3, 0.4) is 0 Å². The number of halogens is 1. The average Bonchev–Trinajstić information content (AvgIpc) is 3.39. The molecule has 0 unspecified atom stereocenters. The Morgan fingerprint density at radius 3 is 2.53 bits per heavy atom. The summed E-state index contributed by atoms with van der Waals surface area (Å²) in [6.45, 7) is 6.35. The number of benzene rings is 2. The quantitative estimate of drug-likeness (QED) is 0.292. The Kier molecular flexibility index (Phi) is 7.24. The van der Waals surface area contributed by atoms with Gasteiger partial charge in [0.2, 0.25) is 5.91 Å². The lowest BCUT2D eigenvalue weighted by Crippen LogP contribution is -2.33. The number of carbonyl (C=O) groups excluding carboxylic acids is 1. The Morgan fingerprint density at radius 1 is 1.05 bits per heavy atom. The van der Waals surface area contributed by atoms with Crippen LogP contribution in [-0.2, 0) is 4.79 Å². The predicted octanol–water partition coefficient (Wildman–Crippen LogP) is 5.94. The van der Waals surface area contributed by atoms with Gasteiger partial charge in [-0.3, -0.25) is 9.78 Å². The molecule has 8 heteroatoms. The highest BCUT2D eigenvalue weighted by molar-refractivity contribution is 7.80. The topological polar surface area (TPSA) is 62.2 Å². The maximum absolute atomic E-state index is 14.8. The van der Waals surface area contributed by atoms with Crippen molar-refractivity contribution in [1.29, 1.82) is 0 Å². The molecule has 3 heterocycles. The highest BCUT2D eigenvalue weighted by Crippen LogP contribution is 2.41. The van der Waals surface area contributed by atoms with Crippen LogP contribution in [0.2, 0.25) is 0 Å². The monoisotopic (exact) mass is 527 g/mol. The smallest absolute Gasteiger partial charge is 0.226 e. The van der Waals surface area contributed by atoms with Crippen LogP contribution < -0.4 is 10.6 Å². The van der Waals surface area contributed by atoms with E-state index < -0.39 is 0 Å². The molecule has 1 fully saturated rings. The normalized spacial score (nSPS) is 16.9. The maximum Gasteiger partial charge on any atom is 0.226 e. The van der Waals surface area contributed by atoms with E-state index in [1.165, 1.54) is 6.07 Å². The van der Waals surface area contributed by atoms with Crippen molar-refractivity contribution < 1.29 is 9.18 Å². The summed E-state index contributed by atoms with van der Waals surface area (Å²) in [5, 5.41) is 7.01. The molecule has 1 amide bonds. The lowest BCUT2D eigenvalue weighted by molar-refractivity contribution is -0.116. The van der Waals surface area contributed by atoms with Crippen LogP contribution >= 0.6 is 12.2 Å². The summed E-state index contributed by atoms with van der Waals surface area (Å²) in [7, 11) is 0. The number of para-hydroxylation sites is 2. The van der Waals surface area contributed by atoms with Crippen LogP contribution in [0.25, 0.3) is 5.69 Å². The molecular weight excluding hydrogens is 497 g/mol. The van der Waals surface area contributed by atoms with Gasteiger partial charge in [0.25, 0.3) is 0 Å². The molecule has 2 N–H and O–H groups in total. The number of rotatable bonds is 7. The molecular formula is C30H30FN5OS. The minimum atomic E-state index is -0.285. The molecule has 2 atom stereocenters. The molecule has 1 aliphatic rings. The van der Waals surface area contributed by atoms with Crippen molar-refractivity contribution in [3.8, 4) is 5.69 Å². The number of anilines is 1. The molecule has 2 aromatic heterocycles. The third-order valence-corrected chi connectivity index (χ3v) is 7.43. The van der Waals surface area contributed by atoms with E-state index in [2.05, 4.69) is 26.6 Å². The zero-order valence-corrected chi connectivity index (χ0v) is 22.4. The summed E-state index contributed by atoms with van der Waals surface area (Å²) in [6, 6.07) is 21.9. The Hall–Kier alpha value is -4.04. The van der Waals surface area contributed by atoms with Gasteiger partial charge in [-0.25, -0.2) is 4.39 Å². The van der Waals surface area contributed by atoms with E-state index in [1.54, 1.807) is 18.3 Å². The summed E-state index contributed by atoms with van der Waals surface area (Å²) in [5.41, 5.74) is 6.00. The molecule has 194 valence electrons. The summed E-state index contributed by atoms with van der Waals surface area (Å²) in [6.07, 6.45) is 2.02. The molecule has 1 saturated heterocycles. The third-order valence-electron chi connectivity index (χ3n) is 7.08. The summed E-state index contributed by atoms with van der Waals surface area (Å²) in [4.78, 5) is 19.6. The van der Waals surface area contributed by atoms with Crippen LogP contribution in [-0.4, -0.2) is 32.0 Å². The van der Waals surface area contributed by atoms with Crippen LogP contribution in [0.5, 0.6) is 0 Å². The standard InChI is InChI=1S/C30H30FN5OS/c1-19-10-4-6-12-24(19)33-27(37)15-17-35-29(28(34-30(35)38)25-13-8-9-16-32-25)22-18-20(2)36(21(22)3)26-14-7-5-11-23(26)31/h4-14,16,18,28-29H,15,17H2,1-3H3,(H,33,37)(H,34,38)/t28-,29+/m0/s1. The largest absolute Gasteiger partial charge is 0.352 e. The van der Waals surface area contributed by atoms with E-state index in [9.17, 15) is 9.18 Å². The number of aryl methyl sites for hydroxylation is 2. The number of nitrogens with one attached hydrogen (secondary N) is 2. The van der Waals surface area contributed by atoms with Gasteiger partial charge in [0.1, 0.15) is 5.82 Å². The lowest BCUT2D eigenvalue weighted by Gasteiger charge is -2.28. The average molecular weight is 528 g/mol.